The van der Waals surface area contributed by atoms with Crippen molar-refractivity contribution in [3.8, 4) is 0 Å². The van der Waals surface area contributed by atoms with Crippen LogP contribution in [0.1, 0.15) is 33.9 Å². The van der Waals surface area contributed by atoms with Gasteiger partial charge in [0.25, 0.3) is 5.91 Å². The smallest absolute Gasteiger partial charge is 0.252 e. The van der Waals surface area contributed by atoms with Gasteiger partial charge in [0.15, 0.2) is 0 Å². The van der Waals surface area contributed by atoms with Gasteiger partial charge >= 0.3 is 0 Å². The topological polar surface area (TPSA) is 74.0 Å². The van der Waals surface area contributed by atoms with Gasteiger partial charge in [-0.15, -0.1) is 0 Å². The van der Waals surface area contributed by atoms with E-state index < -0.39 is 0 Å². The van der Waals surface area contributed by atoms with Crippen molar-refractivity contribution < 1.29 is 14.0 Å². The van der Waals surface area contributed by atoms with Gasteiger partial charge < -0.3 is 15.6 Å². The van der Waals surface area contributed by atoms with Crippen LogP contribution >= 0.6 is 0 Å². The molecule has 0 fully saturated rings. The van der Waals surface area contributed by atoms with Gasteiger partial charge in [0.05, 0.1) is 12.5 Å². The molecule has 3 aromatic rings. The van der Waals surface area contributed by atoms with Crippen molar-refractivity contribution in [1.82, 2.24) is 15.6 Å². The number of fused-ring (bicyclic) bond motifs is 2. The minimum Gasteiger partial charge on any atom is -0.361 e. The Hall–Kier alpha value is -3.15. The molecule has 1 aliphatic rings. The summed E-state index contributed by atoms with van der Waals surface area (Å²) in [6.07, 6.45) is 2.64. The summed E-state index contributed by atoms with van der Waals surface area (Å²) >= 11 is 0. The number of rotatable bonds is 5. The molecule has 1 aromatic heterocycles. The molecule has 1 aliphatic heterocycles. The van der Waals surface area contributed by atoms with E-state index in [1.54, 1.807) is 12.1 Å². The van der Waals surface area contributed by atoms with Crippen LogP contribution < -0.4 is 10.6 Å². The number of nitrogens with one attached hydrogen (secondary N) is 3. The first-order valence-electron chi connectivity index (χ1n) is 8.54. The van der Waals surface area contributed by atoms with Crippen LogP contribution in [0.4, 0.5) is 4.39 Å². The van der Waals surface area contributed by atoms with Crippen molar-refractivity contribution in [2.75, 3.05) is 6.54 Å². The highest BCUT2D eigenvalue weighted by atomic mass is 19.1. The lowest BCUT2D eigenvalue weighted by molar-refractivity contribution is -0.121. The predicted octanol–water partition coefficient (Wildman–Crippen LogP) is 2.84. The van der Waals surface area contributed by atoms with E-state index in [1.807, 2.05) is 24.4 Å². The van der Waals surface area contributed by atoms with Gasteiger partial charge in [-0.1, -0.05) is 18.2 Å². The number of halogens is 1. The largest absolute Gasteiger partial charge is 0.361 e. The van der Waals surface area contributed by atoms with E-state index in [0.29, 0.717) is 18.5 Å². The number of hydrogen-bond acceptors (Lipinski definition) is 2. The average molecular weight is 351 g/mol. The number of amides is 2. The van der Waals surface area contributed by atoms with E-state index in [0.717, 1.165) is 22.0 Å². The third-order valence-electron chi connectivity index (χ3n) is 4.72. The first-order chi connectivity index (χ1) is 12.6. The number of aromatic nitrogens is 1. The molecule has 0 radical (unpaired) electrons. The second-order valence-corrected chi connectivity index (χ2v) is 6.42. The van der Waals surface area contributed by atoms with Crippen LogP contribution in [-0.2, 0) is 11.2 Å². The second kappa shape index (κ2) is 6.63. The lowest BCUT2D eigenvalue weighted by Gasteiger charge is -2.12. The molecule has 2 amide bonds. The first-order valence-corrected chi connectivity index (χ1v) is 8.54. The Morgan fingerprint density at radius 1 is 1.19 bits per heavy atom. The number of carbonyl (C=O) groups is 2. The molecule has 0 saturated carbocycles. The van der Waals surface area contributed by atoms with Crippen molar-refractivity contribution >= 4 is 22.7 Å². The maximum Gasteiger partial charge on any atom is 0.252 e. The third kappa shape index (κ3) is 3.06. The van der Waals surface area contributed by atoms with Crippen LogP contribution in [-0.4, -0.2) is 23.3 Å². The molecule has 1 atom stereocenters. The minimum absolute atomic E-state index is 0.127. The zero-order chi connectivity index (χ0) is 18.1. The summed E-state index contributed by atoms with van der Waals surface area (Å²) in [7, 11) is 0. The Balaban J connectivity index is 1.35. The Kier molecular flexibility index (Phi) is 4.16. The summed E-state index contributed by atoms with van der Waals surface area (Å²) in [4.78, 5) is 27.2. The van der Waals surface area contributed by atoms with E-state index in [9.17, 15) is 14.0 Å². The van der Waals surface area contributed by atoms with E-state index in [4.69, 9.17) is 0 Å². The standard InChI is InChI=1S/C20H18FN3O2/c21-13-5-6-17-16(9-13)12(11-23-17)7-8-22-19(25)10-18-14-3-1-2-4-15(14)20(26)24-18/h1-6,9,11,18,23H,7-8,10H2,(H,22,25)(H,24,26)/t18-/m0/s1. The fraction of sp³-hybridized carbons (Fsp3) is 0.200. The Morgan fingerprint density at radius 3 is 2.92 bits per heavy atom. The van der Waals surface area contributed by atoms with E-state index in [2.05, 4.69) is 15.6 Å². The molecule has 0 spiro atoms. The molecule has 132 valence electrons. The zero-order valence-corrected chi connectivity index (χ0v) is 14.0. The summed E-state index contributed by atoms with van der Waals surface area (Å²) in [6, 6.07) is 11.6. The van der Waals surface area contributed by atoms with Crippen molar-refractivity contribution in [3.63, 3.8) is 0 Å². The quantitative estimate of drug-likeness (QED) is 0.661. The number of benzene rings is 2. The van der Waals surface area contributed by atoms with Gasteiger partial charge in [0.2, 0.25) is 5.91 Å². The fourth-order valence-electron chi connectivity index (χ4n) is 3.43. The Labute approximate surface area is 149 Å². The molecule has 0 unspecified atom stereocenters. The first kappa shape index (κ1) is 16.3. The molecular weight excluding hydrogens is 333 g/mol. The summed E-state index contributed by atoms with van der Waals surface area (Å²) in [6.45, 7) is 0.449. The van der Waals surface area contributed by atoms with Crippen LogP contribution in [0.3, 0.4) is 0 Å². The SMILES string of the molecule is O=C(C[C@@H]1NC(=O)c2ccccc21)NCCc1c[nH]c2ccc(F)cc12. The molecular formula is C20H18FN3O2. The molecule has 26 heavy (non-hydrogen) atoms. The number of carbonyl (C=O) groups excluding carboxylic acids is 2. The van der Waals surface area contributed by atoms with Crippen molar-refractivity contribution in [2.45, 2.75) is 18.9 Å². The highest BCUT2D eigenvalue weighted by Gasteiger charge is 2.29. The lowest BCUT2D eigenvalue weighted by atomic mass is 10.0. The molecule has 2 aromatic carbocycles. The zero-order valence-electron chi connectivity index (χ0n) is 14.0. The fourth-order valence-corrected chi connectivity index (χ4v) is 3.43. The predicted molar refractivity (Wildman–Crippen MR) is 96.2 cm³/mol. The van der Waals surface area contributed by atoms with Crippen LogP contribution in [0.25, 0.3) is 10.9 Å². The van der Waals surface area contributed by atoms with Crippen molar-refractivity contribution in [1.29, 1.82) is 0 Å². The highest BCUT2D eigenvalue weighted by Crippen LogP contribution is 2.27. The number of aromatic amines is 1. The van der Waals surface area contributed by atoms with Crippen LogP contribution in [0.15, 0.2) is 48.7 Å². The molecule has 6 heteroatoms. The molecule has 3 N–H and O–H groups in total. The Bertz CT molecular complexity index is 996. The Morgan fingerprint density at radius 2 is 2.04 bits per heavy atom. The van der Waals surface area contributed by atoms with E-state index >= 15 is 0 Å². The van der Waals surface area contributed by atoms with Crippen LogP contribution in [0, 0.1) is 5.82 Å². The third-order valence-corrected chi connectivity index (χ3v) is 4.72. The van der Waals surface area contributed by atoms with Crippen molar-refractivity contribution in [2.24, 2.45) is 0 Å². The number of hydrogen-bond donors (Lipinski definition) is 3. The molecule has 0 saturated heterocycles. The van der Waals surface area contributed by atoms with Crippen molar-refractivity contribution in [3.05, 3.63) is 71.2 Å². The van der Waals surface area contributed by atoms with Gasteiger partial charge in [-0.3, -0.25) is 9.59 Å². The molecule has 0 aliphatic carbocycles. The van der Waals surface area contributed by atoms with Gasteiger partial charge in [0.1, 0.15) is 5.82 Å². The average Bonchev–Trinajstić information content (AvgIpc) is 3.17. The minimum atomic E-state index is -0.291. The van der Waals surface area contributed by atoms with E-state index in [-0.39, 0.29) is 30.1 Å². The maximum atomic E-state index is 13.4. The lowest BCUT2D eigenvalue weighted by Crippen LogP contribution is -2.30. The van der Waals surface area contributed by atoms with Gasteiger partial charge in [-0.2, -0.15) is 0 Å². The summed E-state index contributed by atoms with van der Waals surface area (Å²) in [5, 5.41) is 6.54. The molecule has 2 heterocycles. The second-order valence-electron chi connectivity index (χ2n) is 6.42. The molecule has 0 bridgehead atoms. The number of H-pyrrole nitrogens is 1. The molecule has 4 rings (SSSR count). The normalized spacial score (nSPS) is 15.7. The summed E-state index contributed by atoms with van der Waals surface area (Å²) in [5.41, 5.74) is 3.32. The van der Waals surface area contributed by atoms with Gasteiger partial charge in [-0.05, 0) is 41.8 Å². The highest BCUT2D eigenvalue weighted by molar-refractivity contribution is 5.99. The van der Waals surface area contributed by atoms with Crippen LogP contribution in [0.2, 0.25) is 0 Å². The van der Waals surface area contributed by atoms with E-state index in [1.165, 1.54) is 12.1 Å². The van der Waals surface area contributed by atoms with Crippen LogP contribution in [0.5, 0.6) is 0 Å². The molecule has 5 nitrogen and oxygen atoms in total. The summed E-state index contributed by atoms with van der Waals surface area (Å²) < 4.78 is 13.4. The summed E-state index contributed by atoms with van der Waals surface area (Å²) in [5.74, 6) is -0.546. The monoisotopic (exact) mass is 351 g/mol. The maximum absolute atomic E-state index is 13.4. The van der Waals surface area contributed by atoms with Gasteiger partial charge in [0, 0.05) is 29.2 Å². The van der Waals surface area contributed by atoms with Gasteiger partial charge in [-0.25, -0.2) is 4.39 Å².